The first-order valence-electron chi connectivity index (χ1n) is 5.20. The van der Waals surface area contributed by atoms with E-state index in [4.69, 9.17) is 10.8 Å². The van der Waals surface area contributed by atoms with Crippen molar-refractivity contribution in [1.82, 2.24) is 4.98 Å². The van der Waals surface area contributed by atoms with Gasteiger partial charge in [-0.25, -0.2) is 4.98 Å². The van der Waals surface area contributed by atoms with E-state index in [0.717, 1.165) is 16.3 Å². The quantitative estimate of drug-likeness (QED) is 0.857. The zero-order valence-corrected chi connectivity index (χ0v) is 11.9. The molecule has 0 saturated heterocycles. The molecule has 18 heavy (non-hydrogen) atoms. The molecule has 2 rings (SSSR count). The third-order valence-corrected chi connectivity index (χ3v) is 4.90. The topological polar surface area (TPSA) is 76.2 Å². The molecule has 0 radical (unpaired) electrons. The van der Waals surface area contributed by atoms with E-state index in [0.29, 0.717) is 11.5 Å². The number of aliphatic carboxylic acids is 1. The second kappa shape index (κ2) is 6.33. The summed E-state index contributed by atoms with van der Waals surface area (Å²) in [7, 11) is 0. The number of rotatable bonds is 6. The average Bonchev–Trinajstić information content (AvgIpc) is 2.98. The predicted octanol–water partition coefficient (Wildman–Crippen LogP) is 2.52. The molecule has 0 amide bonds. The highest BCUT2D eigenvalue weighted by molar-refractivity contribution is 7.98. The van der Waals surface area contributed by atoms with Crippen LogP contribution in [0.25, 0.3) is 10.6 Å². The Morgan fingerprint density at radius 1 is 1.56 bits per heavy atom. The second-order valence-corrected chi connectivity index (χ2v) is 6.28. The Morgan fingerprint density at radius 2 is 2.39 bits per heavy atom. The Bertz CT molecular complexity index is 510. The fraction of sp³-hybridized carbons (Fsp3) is 0.273. The molecule has 0 spiro atoms. The molecule has 1 atom stereocenters. The fourth-order valence-electron chi connectivity index (χ4n) is 1.25. The van der Waals surface area contributed by atoms with Crippen molar-refractivity contribution in [3.8, 4) is 10.6 Å². The van der Waals surface area contributed by atoms with E-state index in [2.05, 4.69) is 10.4 Å². The standard InChI is InChI=1S/C11H12N2O2S3/c12-9(11(14)15)6-17-4-8-5-18-10(13-8)7-1-2-16-3-7/h1-3,5,9H,4,6,12H2,(H,14,15). The molecule has 4 nitrogen and oxygen atoms in total. The smallest absolute Gasteiger partial charge is 0.321 e. The van der Waals surface area contributed by atoms with Crippen LogP contribution in [-0.2, 0) is 10.5 Å². The highest BCUT2D eigenvalue weighted by Gasteiger charge is 2.11. The third-order valence-electron chi connectivity index (χ3n) is 2.18. The molecule has 0 aromatic carbocycles. The molecule has 2 aromatic heterocycles. The number of aromatic nitrogens is 1. The maximum Gasteiger partial charge on any atom is 0.321 e. The first-order chi connectivity index (χ1) is 8.66. The van der Waals surface area contributed by atoms with E-state index >= 15 is 0 Å². The number of carboxylic acid groups (broad SMARTS) is 1. The molecule has 3 N–H and O–H groups in total. The van der Waals surface area contributed by atoms with Crippen LogP contribution in [0.1, 0.15) is 5.69 Å². The number of carboxylic acids is 1. The van der Waals surface area contributed by atoms with E-state index in [1.807, 2.05) is 16.8 Å². The maximum absolute atomic E-state index is 10.6. The number of hydrogen-bond donors (Lipinski definition) is 2. The van der Waals surface area contributed by atoms with Crippen molar-refractivity contribution in [2.24, 2.45) is 5.73 Å². The minimum absolute atomic E-state index is 0.403. The molecular weight excluding hydrogens is 288 g/mol. The van der Waals surface area contributed by atoms with Gasteiger partial charge < -0.3 is 10.8 Å². The molecule has 2 aromatic rings. The molecule has 0 aliphatic carbocycles. The summed E-state index contributed by atoms with van der Waals surface area (Å²) in [4.78, 5) is 15.1. The molecule has 2 heterocycles. The van der Waals surface area contributed by atoms with Crippen LogP contribution in [0.15, 0.2) is 22.2 Å². The van der Waals surface area contributed by atoms with Crippen molar-refractivity contribution in [3.63, 3.8) is 0 Å². The summed E-state index contributed by atoms with van der Waals surface area (Å²) in [5.74, 6) is 0.141. The lowest BCUT2D eigenvalue weighted by Gasteiger charge is -2.04. The van der Waals surface area contributed by atoms with E-state index in [1.54, 1.807) is 22.7 Å². The minimum Gasteiger partial charge on any atom is -0.480 e. The molecule has 0 saturated carbocycles. The summed E-state index contributed by atoms with van der Waals surface area (Å²) in [6, 6.07) is 1.24. The van der Waals surface area contributed by atoms with Gasteiger partial charge in [-0.05, 0) is 11.4 Å². The molecule has 0 aliphatic heterocycles. The zero-order chi connectivity index (χ0) is 13.0. The molecule has 1 unspecified atom stereocenters. The fourth-order valence-corrected chi connectivity index (χ4v) is 3.76. The molecule has 7 heteroatoms. The first-order valence-corrected chi connectivity index (χ1v) is 8.17. The highest BCUT2D eigenvalue weighted by Crippen LogP contribution is 2.27. The Labute approximate surface area is 117 Å². The van der Waals surface area contributed by atoms with Gasteiger partial charge in [0.25, 0.3) is 0 Å². The van der Waals surface area contributed by atoms with Crippen LogP contribution in [0.5, 0.6) is 0 Å². The van der Waals surface area contributed by atoms with E-state index < -0.39 is 12.0 Å². The van der Waals surface area contributed by atoms with Gasteiger partial charge in [0.15, 0.2) is 0 Å². The molecule has 0 aliphatic rings. The summed E-state index contributed by atoms with van der Waals surface area (Å²) in [5.41, 5.74) is 7.54. The predicted molar refractivity (Wildman–Crippen MR) is 77.2 cm³/mol. The monoisotopic (exact) mass is 300 g/mol. The van der Waals surface area contributed by atoms with Crippen LogP contribution < -0.4 is 5.73 Å². The van der Waals surface area contributed by atoms with Gasteiger partial charge in [-0.15, -0.1) is 11.3 Å². The van der Waals surface area contributed by atoms with Gasteiger partial charge in [-0.1, -0.05) is 0 Å². The lowest BCUT2D eigenvalue weighted by Crippen LogP contribution is -2.32. The second-order valence-electron chi connectivity index (χ2n) is 3.62. The van der Waals surface area contributed by atoms with Crippen LogP contribution >= 0.6 is 34.4 Å². The number of nitrogens with two attached hydrogens (primary N) is 1. The SMILES string of the molecule is NC(CSCc1csc(-c2ccsc2)n1)C(=O)O. The van der Waals surface area contributed by atoms with Crippen LogP contribution in [0.2, 0.25) is 0 Å². The zero-order valence-electron chi connectivity index (χ0n) is 9.41. The summed E-state index contributed by atoms with van der Waals surface area (Å²) in [6.07, 6.45) is 0. The van der Waals surface area contributed by atoms with E-state index in [-0.39, 0.29) is 0 Å². The number of nitrogens with zero attached hydrogens (tertiary/aromatic N) is 1. The Morgan fingerprint density at radius 3 is 3.06 bits per heavy atom. The Hall–Kier alpha value is -0.890. The van der Waals surface area contributed by atoms with Gasteiger partial charge >= 0.3 is 5.97 Å². The summed E-state index contributed by atoms with van der Waals surface area (Å²) in [6.45, 7) is 0. The number of carbonyl (C=O) groups is 1. The largest absolute Gasteiger partial charge is 0.480 e. The summed E-state index contributed by atoms with van der Waals surface area (Å²) >= 11 is 4.75. The molecule has 0 fully saturated rings. The summed E-state index contributed by atoms with van der Waals surface area (Å²) in [5, 5.41) is 15.8. The van der Waals surface area contributed by atoms with Gasteiger partial charge in [-0.2, -0.15) is 23.1 Å². The molecule has 96 valence electrons. The van der Waals surface area contributed by atoms with Gasteiger partial charge in [0.1, 0.15) is 11.0 Å². The van der Waals surface area contributed by atoms with Crippen molar-refractivity contribution < 1.29 is 9.90 Å². The number of hydrogen-bond acceptors (Lipinski definition) is 6. The summed E-state index contributed by atoms with van der Waals surface area (Å²) < 4.78 is 0. The lowest BCUT2D eigenvalue weighted by atomic mass is 10.4. The average molecular weight is 300 g/mol. The van der Waals surface area contributed by atoms with Gasteiger partial charge in [0, 0.05) is 27.8 Å². The number of thiazole rings is 1. The lowest BCUT2D eigenvalue weighted by molar-refractivity contribution is -0.137. The van der Waals surface area contributed by atoms with E-state index in [9.17, 15) is 4.79 Å². The van der Waals surface area contributed by atoms with Crippen LogP contribution in [-0.4, -0.2) is 27.9 Å². The van der Waals surface area contributed by atoms with Gasteiger partial charge in [-0.3, -0.25) is 4.79 Å². The Kier molecular flexibility index (Phi) is 4.76. The van der Waals surface area contributed by atoms with Crippen molar-refractivity contribution in [2.45, 2.75) is 11.8 Å². The number of thiophene rings is 1. The van der Waals surface area contributed by atoms with Crippen LogP contribution in [0.3, 0.4) is 0 Å². The van der Waals surface area contributed by atoms with Crippen molar-refractivity contribution in [1.29, 1.82) is 0 Å². The normalized spacial score (nSPS) is 12.5. The van der Waals surface area contributed by atoms with Crippen molar-refractivity contribution in [3.05, 3.63) is 27.9 Å². The van der Waals surface area contributed by atoms with Crippen molar-refractivity contribution >= 4 is 40.4 Å². The van der Waals surface area contributed by atoms with E-state index in [1.165, 1.54) is 11.8 Å². The minimum atomic E-state index is -0.959. The number of thioether (sulfide) groups is 1. The van der Waals surface area contributed by atoms with Crippen LogP contribution in [0.4, 0.5) is 0 Å². The van der Waals surface area contributed by atoms with Crippen LogP contribution in [0, 0.1) is 0 Å². The van der Waals surface area contributed by atoms with Crippen molar-refractivity contribution in [2.75, 3.05) is 5.75 Å². The molecule has 0 bridgehead atoms. The van der Waals surface area contributed by atoms with Gasteiger partial charge in [0.05, 0.1) is 5.69 Å². The first kappa shape index (κ1) is 13.5. The third kappa shape index (κ3) is 3.55. The van der Waals surface area contributed by atoms with Gasteiger partial charge in [0.2, 0.25) is 0 Å². The molecular formula is C11H12N2O2S3. The highest BCUT2D eigenvalue weighted by atomic mass is 32.2. The maximum atomic E-state index is 10.6. The Balaban J connectivity index is 1.86.